The molecule has 1 aromatic carbocycles. The second-order valence-corrected chi connectivity index (χ2v) is 4.64. The maximum Gasteiger partial charge on any atom is 0.191 e. The van der Waals surface area contributed by atoms with Gasteiger partial charge in [0.25, 0.3) is 0 Å². The summed E-state index contributed by atoms with van der Waals surface area (Å²) in [5, 5.41) is 6.56. The Kier molecular flexibility index (Phi) is 7.04. The van der Waals surface area contributed by atoms with Crippen molar-refractivity contribution in [2.24, 2.45) is 4.99 Å². The molecule has 1 aliphatic carbocycles. The lowest BCUT2D eigenvalue weighted by molar-refractivity contribution is 0.386. The Morgan fingerprint density at radius 1 is 1.45 bits per heavy atom. The van der Waals surface area contributed by atoms with Crippen molar-refractivity contribution in [1.82, 2.24) is 10.6 Å². The van der Waals surface area contributed by atoms with Crippen molar-refractivity contribution in [3.8, 4) is 5.75 Å². The van der Waals surface area contributed by atoms with Crippen LogP contribution in [-0.2, 0) is 6.42 Å². The molecular formula is C14H21FIN3O. The first-order valence-electron chi connectivity index (χ1n) is 6.52. The minimum absolute atomic E-state index is 0. The van der Waals surface area contributed by atoms with Gasteiger partial charge in [-0.15, -0.1) is 24.0 Å². The third-order valence-corrected chi connectivity index (χ3v) is 3.06. The van der Waals surface area contributed by atoms with Crippen LogP contribution in [0.25, 0.3) is 0 Å². The first-order valence-corrected chi connectivity index (χ1v) is 6.52. The van der Waals surface area contributed by atoms with Crippen LogP contribution in [0.1, 0.15) is 18.4 Å². The summed E-state index contributed by atoms with van der Waals surface area (Å²) in [6, 6.07) is 5.52. The molecule has 0 heterocycles. The zero-order valence-corrected chi connectivity index (χ0v) is 14.1. The molecule has 6 heteroatoms. The van der Waals surface area contributed by atoms with Crippen molar-refractivity contribution in [1.29, 1.82) is 0 Å². The molecular weight excluding hydrogens is 372 g/mol. The fourth-order valence-corrected chi connectivity index (χ4v) is 1.80. The second kappa shape index (κ2) is 8.28. The maximum absolute atomic E-state index is 13.3. The zero-order chi connectivity index (χ0) is 13.7. The van der Waals surface area contributed by atoms with E-state index in [4.69, 9.17) is 4.74 Å². The number of guanidine groups is 1. The second-order valence-electron chi connectivity index (χ2n) is 4.64. The summed E-state index contributed by atoms with van der Waals surface area (Å²) in [6.45, 7) is 0.751. The highest BCUT2D eigenvalue weighted by molar-refractivity contribution is 14.0. The van der Waals surface area contributed by atoms with Gasteiger partial charge in [0.1, 0.15) is 0 Å². The Morgan fingerprint density at radius 2 is 2.20 bits per heavy atom. The highest BCUT2D eigenvalue weighted by atomic mass is 127. The van der Waals surface area contributed by atoms with Crippen LogP contribution < -0.4 is 15.4 Å². The van der Waals surface area contributed by atoms with E-state index in [2.05, 4.69) is 15.6 Å². The third-order valence-electron chi connectivity index (χ3n) is 3.06. The largest absolute Gasteiger partial charge is 0.494 e. The molecule has 0 saturated heterocycles. The summed E-state index contributed by atoms with van der Waals surface area (Å²) < 4.78 is 18.2. The Hall–Kier alpha value is -1.05. The number of hydrogen-bond acceptors (Lipinski definition) is 2. The molecule has 1 aromatic rings. The molecule has 0 atom stereocenters. The number of benzene rings is 1. The quantitative estimate of drug-likeness (QED) is 0.459. The number of nitrogens with one attached hydrogen (secondary N) is 2. The topological polar surface area (TPSA) is 45.7 Å². The van der Waals surface area contributed by atoms with Crippen molar-refractivity contribution in [2.75, 3.05) is 20.7 Å². The average Bonchev–Trinajstić information content (AvgIpc) is 3.23. The molecule has 2 N–H and O–H groups in total. The number of nitrogens with zero attached hydrogens (tertiary/aromatic N) is 1. The summed E-state index contributed by atoms with van der Waals surface area (Å²) in [5.74, 6) is 0.792. The van der Waals surface area contributed by atoms with E-state index in [0.717, 1.165) is 24.5 Å². The lowest BCUT2D eigenvalue weighted by Crippen LogP contribution is -2.39. The van der Waals surface area contributed by atoms with Crippen molar-refractivity contribution in [2.45, 2.75) is 25.3 Å². The van der Waals surface area contributed by atoms with Crippen molar-refractivity contribution in [3.63, 3.8) is 0 Å². The molecule has 1 fully saturated rings. The van der Waals surface area contributed by atoms with Crippen LogP contribution >= 0.6 is 24.0 Å². The van der Waals surface area contributed by atoms with E-state index in [-0.39, 0.29) is 35.5 Å². The van der Waals surface area contributed by atoms with Crippen molar-refractivity contribution < 1.29 is 9.13 Å². The summed E-state index contributed by atoms with van der Waals surface area (Å²) in [5.41, 5.74) is 1.03. The molecule has 1 aliphatic rings. The molecule has 0 radical (unpaired) electrons. The first-order chi connectivity index (χ1) is 9.22. The van der Waals surface area contributed by atoms with E-state index in [0.29, 0.717) is 6.04 Å². The number of ether oxygens (including phenoxy) is 1. The van der Waals surface area contributed by atoms with Crippen LogP contribution in [0.5, 0.6) is 5.75 Å². The van der Waals surface area contributed by atoms with Gasteiger partial charge in [0.2, 0.25) is 0 Å². The molecule has 0 aliphatic heterocycles. The van der Waals surface area contributed by atoms with Gasteiger partial charge in [0.05, 0.1) is 7.11 Å². The van der Waals surface area contributed by atoms with E-state index in [1.54, 1.807) is 19.2 Å². The Labute approximate surface area is 136 Å². The van der Waals surface area contributed by atoms with Crippen LogP contribution in [-0.4, -0.2) is 32.7 Å². The minimum Gasteiger partial charge on any atom is -0.494 e. The van der Waals surface area contributed by atoms with E-state index in [9.17, 15) is 4.39 Å². The number of methoxy groups -OCH3 is 1. The molecule has 0 unspecified atom stereocenters. The Morgan fingerprint density at radius 3 is 2.80 bits per heavy atom. The van der Waals surface area contributed by atoms with E-state index in [1.165, 1.54) is 26.0 Å². The van der Waals surface area contributed by atoms with Crippen LogP contribution in [0.4, 0.5) is 4.39 Å². The molecule has 112 valence electrons. The highest BCUT2D eigenvalue weighted by Gasteiger charge is 2.21. The molecule has 20 heavy (non-hydrogen) atoms. The SMILES string of the molecule is CN=C(NCCc1ccc(F)c(OC)c1)NC1CC1.I. The molecule has 0 aromatic heterocycles. The molecule has 0 spiro atoms. The van der Waals surface area contributed by atoms with Gasteiger partial charge in [0, 0.05) is 19.6 Å². The van der Waals surface area contributed by atoms with Crippen LogP contribution in [0.15, 0.2) is 23.2 Å². The summed E-state index contributed by atoms with van der Waals surface area (Å²) in [4.78, 5) is 4.16. The van der Waals surface area contributed by atoms with E-state index < -0.39 is 0 Å². The molecule has 4 nitrogen and oxygen atoms in total. The zero-order valence-electron chi connectivity index (χ0n) is 11.8. The summed E-state index contributed by atoms with van der Waals surface area (Å²) in [6.07, 6.45) is 3.23. The van der Waals surface area contributed by atoms with Gasteiger partial charge in [-0.25, -0.2) is 4.39 Å². The lowest BCUT2D eigenvalue weighted by Gasteiger charge is -2.11. The lowest BCUT2D eigenvalue weighted by atomic mass is 10.1. The van der Waals surface area contributed by atoms with Crippen LogP contribution in [0, 0.1) is 5.82 Å². The van der Waals surface area contributed by atoms with Gasteiger partial charge in [-0.1, -0.05) is 6.07 Å². The van der Waals surface area contributed by atoms with Gasteiger partial charge >= 0.3 is 0 Å². The third kappa shape index (κ3) is 5.15. The predicted octanol–water partition coefficient (Wildman–Crippen LogP) is 2.32. The normalized spacial score (nSPS) is 14.4. The first kappa shape index (κ1) is 17.0. The molecule has 0 bridgehead atoms. The number of rotatable bonds is 5. The van der Waals surface area contributed by atoms with Crippen LogP contribution in [0.3, 0.4) is 0 Å². The average molecular weight is 393 g/mol. The van der Waals surface area contributed by atoms with Crippen LogP contribution in [0.2, 0.25) is 0 Å². The van der Waals surface area contributed by atoms with E-state index >= 15 is 0 Å². The van der Waals surface area contributed by atoms with Crippen molar-refractivity contribution in [3.05, 3.63) is 29.6 Å². The van der Waals surface area contributed by atoms with E-state index in [1.807, 2.05) is 0 Å². The van der Waals surface area contributed by atoms with Gasteiger partial charge in [-0.3, -0.25) is 4.99 Å². The van der Waals surface area contributed by atoms with Gasteiger partial charge in [0.15, 0.2) is 17.5 Å². The smallest absolute Gasteiger partial charge is 0.191 e. The Bertz CT molecular complexity index is 464. The maximum atomic E-state index is 13.3. The van der Waals surface area contributed by atoms with Gasteiger partial charge < -0.3 is 15.4 Å². The highest BCUT2D eigenvalue weighted by Crippen LogP contribution is 2.19. The number of hydrogen-bond donors (Lipinski definition) is 2. The fraction of sp³-hybridized carbons (Fsp3) is 0.500. The summed E-state index contributed by atoms with van der Waals surface area (Å²) in [7, 11) is 3.24. The van der Waals surface area contributed by atoms with Gasteiger partial charge in [-0.05, 0) is 37.0 Å². The predicted molar refractivity (Wildman–Crippen MR) is 89.6 cm³/mol. The standard InChI is InChI=1S/C14H20FN3O.HI/c1-16-14(18-11-4-5-11)17-8-7-10-3-6-12(15)13(9-10)19-2;/h3,6,9,11H,4-5,7-8H2,1-2H3,(H2,16,17,18);1H. The fourth-order valence-electron chi connectivity index (χ4n) is 1.80. The minimum atomic E-state index is -0.328. The monoisotopic (exact) mass is 393 g/mol. The molecule has 0 amide bonds. The number of halogens is 2. The molecule has 2 rings (SSSR count). The number of aliphatic imine (C=N–C) groups is 1. The van der Waals surface area contributed by atoms with Crippen molar-refractivity contribution >= 4 is 29.9 Å². The Balaban J connectivity index is 0.00000200. The molecule has 1 saturated carbocycles. The summed E-state index contributed by atoms with van der Waals surface area (Å²) >= 11 is 0. The van der Waals surface area contributed by atoms with Gasteiger partial charge in [-0.2, -0.15) is 0 Å².